The molecule has 0 rings (SSSR count). The second-order valence-corrected chi connectivity index (χ2v) is 5.79. The SMILES string of the molecule is BrC/C=C/CBr.CN(C)C/C=C/CN(C)C.CN=C(C)F. The van der Waals surface area contributed by atoms with Crippen LogP contribution in [0.1, 0.15) is 6.92 Å². The van der Waals surface area contributed by atoms with Crippen molar-refractivity contribution >= 4 is 37.8 Å². The van der Waals surface area contributed by atoms with Gasteiger partial charge in [0.1, 0.15) is 0 Å². The van der Waals surface area contributed by atoms with E-state index in [2.05, 4.69) is 99.1 Å². The van der Waals surface area contributed by atoms with Gasteiger partial charge in [-0.1, -0.05) is 56.2 Å². The Balaban J connectivity index is -0.000000252. The normalized spacial score (nSPS) is 11.7. The van der Waals surface area contributed by atoms with Crippen LogP contribution in [0.25, 0.3) is 0 Å². The fraction of sp³-hybridized carbons (Fsp3) is 0.667. The van der Waals surface area contributed by atoms with Crippen LogP contribution in [0.5, 0.6) is 0 Å². The smallest absolute Gasteiger partial charge is 0.181 e. The summed E-state index contributed by atoms with van der Waals surface area (Å²) in [6.07, 6.45) is 8.46. The molecule has 0 aromatic rings. The number of hydrogen-bond acceptors (Lipinski definition) is 3. The highest BCUT2D eigenvalue weighted by Gasteiger charge is 1.83. The molecular formula is C15H30Br2FN3. The zero-order valence-electron chi connectivity index (χ0n) is 14.1. The molecule has 0 amide bonds. The number of hydrogen-bond donors (Lipinski definition) is 0. The first-order chi connectivity index (χ1) is 9.81. The van der Waals surface area contributed by atoms with Crippen LogP contribution in [0.4, 0.5) is 4.39 Å². The molecule has 0 radical (unpaired) electrons. The summed E-state index contributed by atoms with van der Waals surface area (Å²) in [7, 11) is 9.69. The Bertz CT molecular complexity index is 256. The maximum Gasteiger partial charge on any atom is 0.181 e. The Morgan fingerprint density at radius 3 is 1.33 bits per heavy atom. The van der Waals surface area contributed by atoms with Crippen LogP contribution in [-0.2, 0) is 0 Å². The Hall–Kier alpha value is -0.0400. The second-order valence-electron chi connectivity index (χ2n) is 4.50. The predicted octanol–water partition coefficient (Wildman–Crippen LogP) is 4.00. The van der Waals surface area contributed by atoms with E-state index in [-0.39, 0.29) is 5.97 Å². The van der Waals surface area contributed by atoms with Crippen molar-refractivity contribution in [3.8, 4) is 0 Å². The molecule has 21 heavy (non-hydrogen) atoms. The predicted molar refractivity (Wildman–Crippen MR) is 103 cm³/mol. The van der Waals surface area contributed by atoms with Gasteiger partial charge in [0, 0.05) is 37.7 Å². The summed E-state index contributed by atoms with van der Waals surface area (Å²) >= 11 is 6.49. The zero-order chi connectivity index (χ0) is 17.1. The maximum absolute atomic E-state index is 11.2. The van der Waals surface area contributed by atoms with E-state index in [9.17, 15) is 4.39 Å². The second kappa shape index (κ2) is 22.2. The van der Waals surface area contributed by atoms with Crippen LogP contribution in [0.15, 0.2) is 29.3 Å². The summed E-state index contributed by atoms with van der Waals surface area (Å²) in [6.45, 7) is 3.38. The topological polar surface area (TPSA) is 18.8 Å². The van der Waals surface area contributed by atoms with Gasteiger partial charge < -0.3 is 9.80 Å². The van der Waals surface area contributed by atoms with Crippen LogP contribution in [0.2, 0.25) is 0 Å². The quantitative estimate of drug-likeness (QED) is 0.360. The van der Waals surface area contributed by atoms with E-state index in [1.165, 1.54) is 14.0 Å². The number of likely N-dealkylation sites (N-methyl/N-ethyl adjacent to an activating group) is 2. The first-order valence-electron chi connectivity index (χ1n) is 6.62. The van der Waals surface area contributed by atoms with Crippen molar-refractivity contribution in [2.75, 3.05) is 59.0 Å². The number of aliphatic imine (C=N–C) groups is 1. The average Bonchev–Trinajstić information content (AvgIpc) is 2.42. The molecule has 0 aliphatic rings. The minimum atomic E-state index is -0.370. The van der Waals surface area contributed by atoms with Gasteiger partial charge in [0.25, 0.3) is 0 Å². The third kappa shape index (κ3) is 45.0. The van der Waals surface area contributed by atoms with E-state index in [0.29, 0.717) is 0 Å². The molecule has 0 N–H and O–H groups in total. The maximum atomic E-state index is 11.2. The van der Waals surface area contributed by atoms with Crippen molar-refractivity contribution in [1.82, 2.24) is 9.80 Å². The molecule has 0 unspecified atom stereocenters. The number of nitrogens with zero attached hydrogens (tertiary/aromatic N) is 3. The van der Waals surface area contributed by atoms with Crippen molar-refractivity contribution in [3.05, 3.63) is 24.3 Å². The molecule has 0 fully saturated rings. The first kappa shape index (κ1) is 25.9. The fourth-order valence-electron chi connectivity index (χ4n) is 0.697. The van der Waals surface area contributed by atoms with Gasteiger partial charge in [-0.05, 0) is 28.2 Å². The molecule has 0 saturated carbocycles. The molecule has 0 bridgehead atoms. The molecule has 0 spiro atoms. The lowest BCUT2D eigenvalue weighted by Gasteiger charge is -2.06. The lowest BCUT2D eigenvalue weighted by molar-refractivity contribution is 0.444. The lowest BCUT2D eigenvalue weighted by Crippen LogP contribution is -2.13. The Kier molecular flexibility index (Phi) is 27.4. The van der Waals surface area contributed by atoms with Crippen molar-refractivity contribution in [3.63, 3.8) is 0 Å². The van der Waals surface area contributed by atoms with Crippen molar-refractivity contribution in [1.29, 1.82) is 0 Å². The van der Waals surface area contributed by atoms with E-state index in [1.807, 2.05) is 0 Å². The zero-order valence-corrected chi connectivity index (χ0v) is 17.3. The van der Waals surface area contributed by atoms with Crippen molar-refractivity contribution in [2.24, 2.45) is 4.99 Å². The summed E-state index contributed by atoms with van der Waals surface area (Å²) in [4.78, 5) is 7.43. The molecule has 0 aromatic heterocycles. The molecule has 0 heterocycles. The first-order valence-corrected chi connectivity index (χ1v) is 8.86. The molecule has 0 aliphatic heterocycles. The van der Waals surface area contributed by atoms with Gasteiger partial charge in [0.15, 0.2) is 5.97 Å². The van der Waals surface area contributed by atoms with Crippen LogP contribution in [0.3, 0.4) is 0 Å². The van der Waals surface area contributed by atoms with E-state index < -0.39 is 0 Å². The van der Waals surface area contributed by atoms with Gasteiger partial charge >= 0.3 is 0 Å². The highest BCUT2D eigenvalue weighted by Crippen LogP contribution is 1.84. The fourth-order valence-corrected chi connectivity index (χ4v) is 1.23. The summed E-state index contributed by atoms with van der Waals surface area (Å²) < 4.78 is 11.2. The van der Waals surface area contributed by atoms with Gasteiger partial charge in [-0.2, -0.15) is 4.39 Å². The molecule has 0 aromatic carbocycles. The largest absolute Gasteiger partial charge is 0.306 e. The van der Waals surface area contributed by atoms with E-state index in [1.54, 1.807) is 0 Å². The Labute approximate surface area is 147 Å². The van der Waals surface area contributed by atoms with Gasteiger partial charge in [0.05, 0.1) is 0 Å². The van der Waals surface area contributed by atoms with Crippen molar-refractivity contribution in [2.45, 2.75) is 6.92 Å². The molecule has 0 saturated heterocycles. The van der Waals surface area contributed by atoms with Gasteiger partial charge in [0.2, 0.25) is 0 Å². The van der Waals surface area contributed by atoms with Crippen LogP contribution in [-0.4, -0.2) is 74.8 Å². The number of halogens is 3. The van der Waals surface area contributed by atoms with Crippen LogP contribution >= 0.6 is 31.9 Å². The number of rotatable bonds is 6. The van der Waals surface area contributed by atoms with Crippen molar-refractivity contribution < 1.29 is 4.39 Å². The minimum Gasteiger partial charge on any atom is -0.306 e. The minimum absolute atomic E-state index is 0.370. The third-order valence-corrected chi connectivity index (χ3v) is 2.51. The van der Waals surface area contributed by atoms with Gasteiger partial charge in [-0.25, -0.2) is 0 Å². The summed E-state index contributed by atoms with van der Waals surface area (Å²) in [6, 6.07) is 0. The Morgan fingerprint density at radius 2 is 1.19 bits per heavy atom. The molecule has 0 atom stereocenters. The summed E-state index contributed by atoms with van der Waals surface area (Å²) in [5.41, 5.74) is 0. The highest BCUT2D eigenvalue weighted by molar-refractivity contribution is 9.09. The number of alkyl halides is 2. The lowest BCUT2D eigenvalue weighted by atomic mass is 10.4. The Morgan fingerprint density at radius 1 is 0.905 bits per heavy atom. The third-order valence-electron chi connectivity index (χ3n) is 1.76. The molecule has 0 aliphatic carbocycles. The summed E-state index contributed by atoms with van der Waals surface area (Å²) in [5, 5.41) is 1.91. The van der Waals surface area contributed by atoms with E-state index >= 15 is 0 Å². The molecule has 126 valence electrons. The van der Waals surface area contributed by atoms with Crippen LogP contribution < -0.4 is 0 Å². The number of allylic oxidation sites excluding steroid dienone is 2. The van der Waals surface area contributed by atoms with Gasteiger partial charge in [-0.3, -0.25) is 4.99 Å². The van der Waals surface area contributed by atoms with E-state index in [4.69, 9.17) is 0 Å². The van der Waals surface area contributed by atoms with Gasteiger partial charge in [-0.15, -0.1) is 0 Å². The molecule has 6 heteroatoms. The van der Waals surface area contributed by atoms with E-state index in [0.717, 1.165) is 23.7 Å². The van der Waals surface area contributed by atoms with Crippen LogP contribution in [0, 0.1) is 0 Å². The molecule has 3 nitrogen and oxygen atoms in total. The highest BCUT2D eigenvalue weighted by atomic mass is 79.9. The molecular weight excluding hydrogens is 401 g/mol. The monoisotopic (exact) mass is 429 g/mol. The summed E-state index contributed by atoms with van der Waals surface area (Å²) in [5.74, 6) is -0.370. The average molecular weight is 431 g/mol. The standard InChI is InChI=1S/C8H18N2.C4H6Br2.C3H6FN/c1-9(2)7-5-6-8-10(3)4;5-3-1-2-4-6;1-3(4)5-2/h5-6H,7-8H2,1-4H3;1-2H,3-4H2;1-2H3/b6-5+;2-1+;.